The van der Waals surface area contributed by atoms with E-state index in [-0.39, 0.29) is 4.90 Å². The number of nitrogens with one attached hydrogen (secondary N) is 1. The highest BCUT2D eigenvalue weighted by Gasteiger charge is 2.07. The molecule has 106 valence electrons. The fourth-order valence-electron chi connectivity index (χ4n) is 1.64. The summed E-state index contributed by atoms with van der Waals surface area (Å²) in [6.07, 6.45) is 0. The van der Waals surface area contributed by atoms with Gasteiger partial charge >= 0.3 is 0 Å². The van der Waals surface area contributed by atoms with Crippen molar-refractivity contribution >= 4 is 38.9 Å². The van der Waals surface area contributed by atoms with Crippen LogP contribution in [0.4, 0.5) is 5.69 Å². The molecular formula is C13H12Cl2N2O2S. The molecule has 0 heterocycles. The third-order valence-corrected chi connectivity index (χ3v) is 4.21. The van der Waals surface area contributed by atoms with Crippen LogP contribution in [0.15, 0.2) is 47.4 Å². The zero-order valence-corrected chi connectivity index (χ0v) is 12.6. The van der Waals surface area contributed by atoms with Crippen LogP contribution >= 0.6 is 23.2 Å². The molecule has 0 aliphatic rings. The Morgan fingerprint density at radius 3 is 2.30 bits per heavy atom. The van der Waals surface area contributed by atoms with Crippen molar-refractivity contribution in [1.29, 1.82) is 0 Å². The first-order chi connectivity index (χ1) is 9.36. The minimum absolute atomic E-state index is 0.0730. The van der Waals surface area contributed by atoms with Crippen molar-refractivity contribution in [3.05, 3.63) is 58.1 Å². The predicted octanol–water partition coefficient (Wildman–Crippen LogP) is 3.25. The standard InChI is InChI=1S/C13H12Cl2N2O2S/c14-10-1-6-13(15)9(7-10)8-17-11-2-4-12(5-3-11)20(16,18)19/h1-7,17H,8H2,(H2,16,18,19). The molecule has 0 amide bonds. The molecule has 0 aromatic heterocycles. The lowest BCUT2D eigenvalue weighted by Gasteiger charge is -2.09. The maximum Gasteiger partial charge on any atom is 0.238 e. The molecule has 3 N–H and O–H groups in total. The predicted molar refractivity (Wildman–Crippen MR) is 81.6 cm³/mol. The lowest BCUT2D eigenvalue weighted by molar-refractivity contribution is 0.598. The Morgan fingerprint density at radius 2 is 1.70 bits per heavy atom. The Balaban J connectivity index is 2.10. The van der Waals surface area contributed by atoms with Gasteiger partial charge in [-0.05, 0) is 48.0 Å². The van der Waals surface area contributed by atoms with Gasteiger partial charge in [0.25, 0.3) is 0 Å². The van der Waals surface area contributed by atoms with Gasteiger partial charge in [-0.25, -0.2) is 13.6 Å². The van der Waals surface area contributed by atoms with E-state index in [0.717, 1.165) is 11.3 Å². The van der Waals surface area contributed by atoms with E-state index in [4.69, 9.17) is 28.3 Å². The fraction of sp³-hybridized carbons (Fsp3) is 0.0769. The van der Waals surface area contributed by atoms with Gasteiger partial charge in [0, 0.05) is 22.3 Å². The molecule has 0 fully saturated rings. The average molecular weight is 331 g/mol. The average Bonchev–Trinajstić information content (AvgIpc) is 2.39. The van der Waals surface area contributed by atoms with Gasteiger partial charge in [-0.3, -0.25) is 0 Å². The van der Waals surface area contributed by atoms with Gasteiger partial charge in [0.05, 0.1) is 4.90 Å². The van der Waals surface area contributed by atoms with Gasteiger partial charge in [0.1, 0.15) is 0 Å². The second-order valence-electron chi connectivity index (χ2n) is 4.16. The summed E-state index contributed by atoms with van der Waals surface area (Å²) in [7, 11) is -3.67. The monoisotopic (exact) mass is 330 g/mol. The van der Waals surface area contributed by atoms with E-state index in [9.17, 15) is 8.42 Å². The fourth-order valence-corrected chi connectivity index (χ4v) is 2.53. The lowest BCUT2D eigenvalue weighted by Crippen LogP contribution is -2.12. The highest BCUT2D eigenvalue weighted by atomic mass is 35.5. The number of rotatable bonds is 4. The molecule has 0 bridgehead atoms. The molecule has 2 aromatic rings. The molecule has 0 saturated carbocycles. The van der Waals surface area contributed by atoms with Crippen molar-refractivity contribution in [3.63, 3.8) is 0 Å². The second-order valence-corrected chi connectivity index (χ2v) is 6.56. The van der Waals surface area contributed by atoms with Crippen LogP contribution in [-0.4, -0.2) is 8.42 Å². The molecule has 0 unspecified atom stereocenters. The summed E-state index contributed by atoms with van der Waals surface area (Å²) in [6.45, 7) is 0.480. The van der Waals surface area contributed by atoms with Crippen molar-refractivity contribution < 1.29 is 8.42 Å². The SMILES string of the molecule is NS(=O)(=O)c1ccc(NCc2cc(Cl)ccc2Cl)cc1. The molecule has 0 atom stereocenters. The van der Waals surface area contributed by atoms with Crippen LogP contribution in [0.5, 0.6) is 0 Å². The highest BCUT2D eigenvalue weighted by molar-refractivity contribution is 7.89. The van der Waals surface area contributed by atoms with Crippen molar-refractivity contribution in [3.8, 4) is 0 Å². The maximum atomic E-state index is 11.1. The molecule has 4 nitrogen and oxygen atoms in total. The lowest BCUT2D eigenvalue weighted by atomic mass is 10.2. The number of hydrogen-bond acceptors (Lipinski definition) is 3. The first kappa shape index (κ1) is 15.1. The van der Waals surface area contributed by atoms with Gasteiger partial charge < -0.3 is 5.32 Å². The molecule has 2 rings (SSSR count). The number of benzene rings is 2. The van der Waals surface area contributed by atoms with E-state index >= 15 is 0 Å². The van der Waals surface area contributed by atoms with Crippen molar-refractivity contribution in [2.24, 2.45) is 5.14 Å². The van der Waals surface area contributed by atoms with E-state index in [0.29, 0.717) is 16.6 Å². The van der Waals surface area contributed by atoms with Gasteiger partial charge in [0.15, 0.2) is 0 Å². The van der Waals surface area contributed by atoms with Gasteiger partial charge in [0.2, 0.25) is 10.0 Å². The van der Waals surface area contributed by atoms with E-state index in [1.165, 1.54) is 12.1 Å². The van der Waals surface area contributed by atoms with Gasteiger partial charge in [-0.1, -0.05) is 23.2 Å². The van der Waals surface area contributed by atoms with Crippen molar-refractivity contribution in [2.75, 3.05) is 5.32 Å². The zero-order valence-electron chi connectivity index (χ0n) is 10.3. The highest BCUT2D eigenvalue weighted by Crippen LogP contribution is 2.22. The normalized spacial score (nSPS) is 11.3. The summed E-state index contributed by atoms with van der Waals surface area (Å²) in [5, 5.41) is 9.38. The largest absolute Gasteiger partial charge is 0.381 e. The minimum atomic E-state index is -3.67. The van der Waals surface area contributed by atoms with Crippen LogP contribution in [0.1, 0.15) is 5.56 Å². The summed E-state index contributed by atoms with van der Waals surface area (Å²) in [4.78, 5) is 0.0730. The zero-order chi connectivity index (χ0) is 14.8. The quantitative estimate of drug-likeness (QED) is 0.903. The summed E-state index contributed by atoms with van der Waals surface area (Å²) in [5.41, 5.74) is 1.61. The third-order valence-electron chi connectivity index (χ3n) is 2.67. The number of anilines is 1. The summed E-state index contributed by atoms with van der Waals surface area (Å²) in [5.74, 6) is 0. The Hall–Kier alpha value is -1.27. The molecule has 2 aromatic carbocycles. The molecule has 0 radical (unpaired) electrons. The molecule has 0 aliphatic heterocycles. The third kappa shape index (κ3) is 3.86. The number of primary sulfonamides is 1. The van der Waals surface area contributed by atoms with E-state index in [1.54, 1.807) is 30.3 Å². The number of sulfonamides is 1. The molecule has 0 aliphatic carbocycles. The van der Waals surface area contributed by atoms with E-state index < -0.39 is 10.0 Å². The van der Waals surface area contributed by atoms with Crippen LogP contribution < -0.4 is 10.5 Å². The van der Waals surface area contributed by atoms with Crippen molar-refractivity contribution in [1.82, 2.24) is 0 Å². The number of halogens is 2. The van der Waals surface area contributed by atoms with Crippen LogP contribution in [0.25, 0.3) is 0 Å². The van der Waals surface area contributed by atoms with E-state index in [1.807, 2.05) is 0 Å². The summed E-state index contributed by atoms with van der Waals surface area (Å²) in [6, 6.07) is 11.4. The summed E-state index contributed by atoms with van der Waals surface area (Å²) < 4.78 is 22.3. The van der Waals surface area contributed by atoms with Crippen LogP contribution in [0, 0.1) is 0 Å². The van der Waals surface area contributed by atoms with E-state index in [2.05, 4.69) is 5.32 Å². The molecular weight excluding hydrogens is 319 g/mol. The summed E-state index contributed by atoms with van der Waals surface area (Å²) >= 11 is 12.0. The Kier molecular flexibility index (Phi) is 4.55. The Morgan fingerprint density at radius 1 is 1.05 bits per heavy atom. The molecule has 20 heavy (non-hydrogen) atoms. The number of hydrogen-bond donors (Lipinski definition) is 2. The first-order valence-electron chi connectivity index (χ1n) is 5.67. The van der Waals surface area contributed by atoms with Crippen LogP contribution in [0.3, 0.4) is 0 Å². The Bertz CT molecular complexity index is 716. The van der Waals surface area contributed by atoms with Gasteiger partial charge in [-0.2, -0.15) is 0 Å². The van der Waals surface area contributed by atoms with Crippen LogP contribution in [0.2, 0.25) is 10.0 Å². The maximum absolute atomic E-state index is 11.1. The first-order valence-corrected chi connectivity index (χ1v) is 7.97. The number of nitrogens with two attached hydrogens (primary N) is 1. The minimum Gasteiger partial charge on any atom is -0.381 e. The topological polar surface area (TPSA) is 72.2 Å². The molecule has 0 spiro atoms. The molecule has 0 saturated heterocycles. The smallest absolute Gasteiger partial charge is 0.238 e. The second kappa shape index (κ2) is 6.01. The Labute approximate surface area is 127 Å². The molecule has 7 heteroatoms. The van der Waals surface area contributed by atoms with Crippen LogP contribution in [-0.2, 0) is 16.6 Å². The van der Waals surface area contributed by atoms with Gasteiger partial charge in [-0.15, -0.1) is 0 Å². The van der Waals surface area contributed by atoms with Crippen molar-refractivity contribution in [2.45, 2.75) is 11.4 Å².